The van der Waals surface area contributed by atoms with Gasteiger partial charge >= 0.3 is 12.0 Å². The van der Waals surface area contributed by atoms with Crippen LogP contribution in [0.4, 0.5) is 20.6 Å². The number of ether oxygens (including phenoxy) is 1. The molecule has 1 fully saturated rings. The maximum atomic E-state index is 14.7. The van der Waals surface area contributed by atoms with Gasteiger partial charge in [0.15, 0.2) is 0 Å². The van der Waals surface area contributed by atoms with Crippen molar-refractivity contribution >= 4 is 35.6 Å². The number of carbonyl (C=O) groups is 3. The number of amides is 3. The molecule has 3 rings (SSSR count). The largest absolute Gasteiger partial charge is 0.442 e. The lowest BCUT2D eigenvalue weighted by atomic mass is 10.2. The van der Waals surface area contributed by atoms with Gasteiger partial charge in [0.1, 0.15) is 18.3 Å². The van der Waals surface area contributed by atoms with Gasteiger partial charge in [-0.15, -0.1) is 0 Å². The van der Waals surface area contributed by atoms with E-state index in [4.69, 9.17) is 11.3 Å². The summed E-state index contributed by atoms with van der Waals surface area (Å²) in [5.74, 6) is -1.20. The number of benzene rings is 1. The van der Waals surface area contributed by atoms with Crippen molar-refractivity contribution in [2.24, 2.45) is 5.10 Å². The third-order valence-corrected chi connectivity index (χ3v) is 4.39. The number of carbonyl (C=O) groups excluding carboxylic acids is 3. The van der Waals surface area contributed by atoms with Crippen molar-refractivity contribution < 1.29 is 23.5 Å². The number of nitrogens with zero attached hydrogens (tertiary/aromatic N) is 5. The van der Waals surface area contributed by atoms with Crippen molar-refractivity contribution in [1.29, 1.82) is 0 Å². The minimum Gasteiger partial charge on any atom is -0.442 e. The van der Waals surface area contributed by atoms with Crippen LogP contribution in [-0.4, -0.2) is 68.1 Å². The smallest absolute Gasteiger partial charge is 0.414 e. The molecule has 0 spiro atoms. The van der Waals surface area contributed by atoms with Crippen molar-refractivity contribution in [3.8, 4) is 0 Å². The highest BCUT2D eigenvalue weighted by atomic mass is 19.1. The zero-order valence-electron chi connectivity index (χ0n) is 15.7. The molecule has 2 heterocycles. The molecule has 1 N–H and O–H groups in total. The van der Waals surface area contributed by atoms with Gasteiger partial charge in [0.05, 0.1) is 31.0 Å². The van der Waals surface area contributed by atoms with Crippen LogP contribution >= 0.6 is 0 Å². The Kier molecular flexibility index (Phi) is 5.92. The molecule has 1 aromatic rings. The van der Waals surface area contributed by atoms with Crippen LogP contribution in [0.25, 0.3) is 4.85 Å². The molecule has 0 bridgehead atoms. The molecular formula is C18H19FN6O4. The van der Waals surface area contributed by atoms with Gasteiger partial charge in [0.2, 0.25) is 5.91 Å². The molecule has 2 aliphatic heterocycles. The lowest BCUT2D eigenvalue weighted by Crippen LogP contribution is -2.41. The predicted molar refractivity (Wildman–Crippen MR) is 102 cm³/mol. The van der Waals surface area contributed by atoms with Crippen molar-refractivity contribution in [3.63, 3.8) is 0 Å². The summed E-state index contributed by atoms with van der Waals surface area (Å²) in [5, 5.41) is 7.72. The van der Waals surface area contributed by atoms with E-state index in [0.717, 1.165) is 0 Å². The van der Waals surface area contributed by atoms with Gasteiger partial charge in [-0.1, -0.05) is 0 Å². The molecule has 1 atom stereocenters. The summed E-state index contributed by atoms with van der Waals surface area (Å²) in [7, 11) is 0. The van der Waals surface area contributed by atoms with Crippen LogP contribution in [-0.2, 0) is 14.3 Å². The highest BCUT2D eigenvalue weighted by molar-refractivity contribution is 5.91. The average molecular weight is 402 g/mol. The van der Waals surface area contributed by atoms with Crippen LogP contribution in [0, 0.1) is 12.4 Å². The summed E-state index contributed by atoms with van der Waals surface area (Å²) in [5.41, 5.74) is 0.585. The number of nitrogens with one attached hydrogen (secondary N) is 1. The Morgan fingerprint density at radius 3 is 2.83 bits per heavy atom. The van der Waals surface area contributed by atoms with E-state index in [2.05, 4.69) is 15.3 Å². The highest BCUT2D eigenvalue weighted by Crippen LogP contribution is 2.28. The second kappa shape index (κ2) is 8.55. The van der Waals surface area contributed by atoms with Gasteiger partial charge in [-0.3, -0.25) is 14.5 Å². The fraction of sp³-hybridized carbons (Fsp3) is 0.389. The Hall–Kier alpha value is -3.68. The molecule has 0 unspecified atom stereocenters. The number of hydrazone groups is 1. The Labute approximate surface area is 166 Å². The summed E-state index contributed by atoms with van der Waals surface area (Å²) in [6, 6.07) is 4.33. The molecule has 11 heteroatoms. The van der Waals surface area contributed by atoms with Crippen LogP contribution in [0.2, 0.25) is 0 Å². The van der Waals surface area contributed by atoms with E-state index in [9.17, 15) is 18.8 Å². The quantitative estimate of drug-likeness (QED) is 0.735. The van der Waals surface area contributed by atoms with E-state index in [1.165, 1.54) is 35.3 Å². The molecule has 0 aliphatic carbocycles. The fourth-order valence-electron chi connectivity index (χ4n) is 2.96. The second-order valence-electron chi connectivity index (χ2n) is 6.45. The Balaban J connectivity index is 1.67. The summed E-state index contributed by atoms with van der Waals surface area (Å²) in [6.45, 7) is 8.74. The average Bonchev–Trinajstić information content (AvgIpc) is 3.07. The monoisotopic (exact) mass is 402 g/mol. The lowest BCUT2D eigenvalue weighted by molar-refractivity contribution is -0.129. The third kappa shape index (κ3) is 4.60. The van der Waals surface area contributed by atoms with Gasteiger partial charge < -0.3 is 19.8 Å². The van der Waals surface area contributed by atoms with Crippen molar-refractivity contribution in [2.75, 3.05) is 42.5 Å². The first-order valence-electron chi connectivity index (χ1n) is 8.85. The first-order chi connectivity index (χ1) is 13.9. The lowest BCUT2D eigenvalue weighted by Gasteiger charge is -2.28. The molecule has 1 aromatic carbocycles. The molecular weight excluding hydrogens is 383 g/mol. The van der Waals surface area contributed by atoms with Gasteiger partial charge in [-0.05, 0) is 18.2 Å². The zero-order chi connectivity index (χ0) is 21.0. The summed E-state index contributed by atoms with van der Waals surface area (Å²) in [6.07, 6.45) is 0.208. The number of cyclic esters (lactones) is 1. The van der Waals surface area contributed by atoms with Crippen molar-refractivity contribution in [1.82, 2.24) is 10.3 Å². The van der Waals surface area contributed by atoms with Crippen molar-refractivity contribution in [3.05, 3.63) is 35.4 Å². The molecule has 0 radical (unpaired) electrons. The minimum absolute atomic E-state index is 0.186. The van der Waals surface area contributed by atoms with E-state index < -0.39 is 23.9 Å². The molecule has 152 valence electrons. The molecule has 0 saturated carbocycles. The molecule has 2 aliphatic rings. The third-order valence-electron chi connectivity index (χ3n) is 4.39. The fourth-order valence-corrected chi connectivity index (χ4v) is 2.96. The SMILES string of the molecule is [C-]#[N+]CC(=O)N1CCN(c2ccc(N3C[C@H](CNC(C)=O)OC3=O)cc2F)C=N1. The number of hydrogen-bond acceptors (Lipinski definition) is 6. The molecule has 3 amide bonds. The van der Waals surface area contributed by atoms with E-state index in [-0.39, 0.29) is 37.8 Å². The van der Waals surface area contributed by atoms with E-state index in [1.807, 2.05) is 0 Å². The van der Waals surface area contributed by atoms with Gasteiger partial charge in [0, 0.05) is 13.5 Å². The number of halogens is 1. The topological polar surface area (TPSA) is 98.9 Å². The van der Waals surface area contributed by atoms with Crippen LogP contribution < -0.4 is 15.1 Å². The van der Waals surface area contributed by atoms with Gasteiger partial charge in [0.25, 0.3) is 6.54 Å². The van der Waals surface area contributed by atoms with Crippen LogP contribution in [0.15, 0.2) is 23.3 Å². The van der Waals surface area contributed by atoms with E-state index >= 15 is 0 Å². The van der Waals surface area contributed by atoms with Crippen LogP contribution in [0.3, 0.4) is 0 Å². The zero-order valence-corrected chi connectivity index (χ0v) is 15.7. The summed E-state index contributed by atoms with van der Waals surface area (Å²) in [4.78, 5) is 40.6. The van der Waals surface area contributed by atoms with Crippen LogP contribution in [0.5, 0.6) is 0 Å². The molecule has 1 saturated heterocycles. The van der Waals surface area contributed by atoms with E-state index in [0.29, 0.717) is 12.2 Å². The van der Waals surface area contributed by atoms with Gasteiger partial charge in [-0.25, -0.2) is 20.8 Å². The number of anilines is 2. The van der Waals surface area contributed by atoms with Crippen LogP contribution in [0.1, 0.15) is 6.92 Å². The summed E-state index contributed by atoms with van der Waals surface area (Å²) < 4.78 is 19.9. The molecule has 10 nitrogen and oxygen atoms in total. The number of rotatable bonds is 5. The maximum absolute atomic E-state index is 14.7. The van der Waals surface area contributed by atoms with Gasteiger partial charge in [-0.2, -0.15) is 5.10 Å². The first-order valence-corrected chi connectivity index (χ1v) is 8.85. The second-order valence-corrected chi connectivity index (χ2v) is 6.45. The minimum atomic E-state index is -0.610. The molecule has 29 heavy (non-hydrogen) atoms. The first kappa shape index (κ1) is 20.1. The Bertz CT molecular complexity index is 899. The standard InChI is InChI=1S/C18H19FN6O4/c1-12(26)21-8-14-10-24(18(28)29-14)13-3-4-16(15(19)7-13)23-5-6-25(22-11-23)17(27)9-20-2/h3-4,7,11,14H,5-6,8-10H2,1H3,(H,21,26)/t14-/m0/s1. The maximum Gasteiger partial charge on any atom is 0.414 e. The summed E-state index contributed by atoms with van der Waals surface area (Å²) >= 11 is 0. The highest BCUT2D eigenvalue weighted by Gasteiger charge is 2.33. The normalized spacial score (nSPS) is 18.4. The Morgan fingerprint density at radius 2 is 2.21 bits per heavy atom. The molecule has 0 aromatic heterocycles. The van der Waals surface area contributed by atoms with Crippen molar-refractivity contribution in [2.45, 2.75) is 13.0 Å². The predicted octanol–water partition coefficient (Wildman–Crippen LogP) is 0.798. The Morgan fingerprint density at radius 1 is 1.41 bits per heavy atom. The van der Waals surface area contributed by atoms with E-state index in [1.54, 1.807) is 11.0 Å². The number of hydrogen-bond donors (Lipinski definition) is 1.